The van der Waals surface area contributed by atoms with E-state index in [-0.39, 0.29) is 5.91 Å². The highest BCUT2D eigenvalue weighted by Crippen LogP contribution is 2.16. The molecule has 0 bridgehead atoms. The summed E-state index contributed by atoms with van der Waals surface area (Å²) in [5.41, 5.74) is 0.492. The highest BCUT2D eigenvalue weighted by atomic mass is 16.5. The van der Waals surface area contributed by atoms with Crippen molar-refractivity contribution in [1.82, 2.24) is 14.9 Å². The van der Waals surface area contributed by atoms with Gasteiger partial charge in [-0.15, -0.1) is 0 Å². The zero-order chi connectivity index (χ0) is 14.5. The smallest absolute Gasteiger partial charge is 0.272 e. The van der Waals surface area contributed by atoms with Crippen molar-refractivity contribution in [3.63, 3.8) is 0 Å². The molecular formula is C15H22N4O2. The van der Waals surface area contributed by atoms with Crippen LogP contribution < -0.4 is 4.90 Å². The van der Waals surface area contributed by atoms with E-state index in [4.69, 9.17) is 4.74 Å². The fraction of sp³-hybridized carbons (Fsp3) is 0.667. The Morgan fingerprint density at radius 2 is 1.76 bits per heavy atom. The van der Waals surface area contributed by atoms with Gasteiger partial charge in [0, 0.05) is 32.4 Å². The second-order valence-electron chi connectivity index (χ2n) is 5.55. The summed E-state index contributed by atoms with van der Waals surface area (Å²) in [4.78, 5) is 25.3. The first-order valence-electron chi connectivity index (χ1n) is 7.79. The summed E-state index contributed by atoms with van der Waals surface area (Å²) in [5, 5.41) is 0. The molecule has 2 aliphatic heterocycles. The van der Waals surface area contributed by atoms with E-state index in [9.17, 15) is 4.79 Å². The fourth-order valence-electron chi connectivity index (χ4n) is 2.82. The summed E-state index contributed by atoms with van der Waals surface area (Å²) in [5.74, 6) is 0.674. The van der Waals surface area contributed by atoms with E-state index in [1.807, 2.05) is 0 Å². The Hall–Kier alpha value is -1.69. The van der Waals surface area contributed by atoms with E-state index in [1.165, 1.54) is 25.7 Å². The second-order valence-corrected chi connectivity index (χ2v) is 5.55. The van der Waals surface area contributed by atoms with Crippen LogP contribution in [0.15, 0.2) is 12.3 Å². The van der Waals surface area contributed by atoms with E-state index < -0.39 is 0 Å². The highest BCUT2D eigenvalue weighted by molar-refractivity contribution is 5.92. The number of morpholine rings is 1. The van der Waals surface area contributed by atoms with Crippen molar-refractivity contribution in [2.45, 2.75) is 25.7 Å². The van der Waals surface area contributed by atoms with Gasteiger partial charge in [-0.3, -0.25) is 4.79 Å². The molecule has 114 valence electrons. The van der Waals surface area contributed by atoms with Gasteiger partial charge in [-0.1, -0.05) is 12.8 Å². The predicted octanol–water partition coefficient (Wildman–Crippen LogP) is 1.33. The molecule has 1 aromatic rings. The molecule has 0 unspecified atom stereocenters. The number of amides is 1. The number of anilines is 1. The SMILES string of the molecule is O=C(c1ccnc(N2CCCCCC2)n1)N1CCOCC1. The van der Waals surface area contributed by atoms with Gasteiger partial charge in [-0.05, 0) is 18.9 Å². The van der Waals surface area contributed by atoms with Crippen LogP contribution in [0, 0.1) is 0 Å². The van der Waals surface area contributed by atoms with Crippen molar-refractivity contribution in [1.29, 1.82) is 0 Å². The summed E-state index contributed by atoms with van der Waals surface area (Å²) >= 11 is 0. The lowest BCUT2D eigenvalue weighted by molar-refractivity contribution is 0.0299. The normalized spacial score (nSPS) is 20.2. The average Bonchev–Trinajstić information content (AvgIpc) is 2.84. The van der Waals surface area contributed by atoms with Crippen molar-refractivity contribution in [2.24, 2.45) is 0 Å². The molecule has 0 radical (unpaired) electrons. The Labute approximate surface area is 125 Å². The minimum Gasteiger partial charge on any atom is -0.378 e. The van der Waals surface area contributed by atoms with Crippen LogP contribution in [0.3, 0.4) is 0 Å². The first kappa shape index (κ1) is 14.3. The van der Waals surface area contributed by atoms with E-state index in [0.717, 1.165) is 13.1 Å². The van der Waals surface area contributed by atoms with Gasteiger partial charge in [0.1, 0.15) is 5.69 Å². The number of hydrogen-bond donors (Lipinski definition) is 0. The van der Waals surface area contributed by atoms with Crippen molar-refractivity contribution >= 4 is 11.9 Å². The summed E-state index contributed by atoms with van der Waals surface area (Å²) in [6.45, 7) is 4.46. The molecule has 0 aromatic carbocycles. The van der Waals surface area contributed by atoms with E-state index in [0.29, 0.717) is 37.9 Å². The van der Waals surface area contributed by atoms with E-state index in [2.05, 4.69) is 14.9 Å². The van der Waals surface area contributed by atoms with Gasteiger partial charge in [0.15, 0.2) is 0 Å². The maximum absolute atomic E-state index is 12.5. The summed E-state index contributed by atoms with van der Waals surface area (Å²) in [6.07, 6.45) is 6.57. The minimum absolute atomic E-state index is 0.0169. The average molecular weight is 290 g/mol. The van der Waals surface area contributed by atoms with Crippen molar-refractivity contribution in [3.05, 3.63) is 18.0 Å². The molecule has 1 amide bonds. The Morgan fingerprint density at radius 3 is 2.48 bits per heavy atom. The van der Waals surface area contributed by atoms with Gasteiger partial charge >= 0.3 is 0 Å². The number of hydrogen-bond acceptors (Lipinski definition) is 5. The molecule has 0 saturated carbocycles. The lowest BCUT2D eigenvalue weighted by Crippen LogP contribution is -2.41. The first-order chi connectivity index (χ1) is 10.3. The number of rotatable bonds is 2. The maximum Gasteiger partial charge on any atom is 0.272 e. The van der Waals surface area contributed by atoms with Crippen LogP contribution in [0.4, 0.5) is 5.95 Å². The molecule has 0 atom stereocenters. The monoisotopic (exact) mass is 290 g/mol. The number of ether oxygens (including phenoxy) is 1. The van der Waals surface area contributed by atoms with Gasteiger partial charge in [-0.25, -0.2) is 9.97 Å². The summed E-state index contributed by atoms with van der Waals surface area (Å²) in [7, 11) is 0. The molecule has 21 heavy (non-hydrogen) atoms. The van der Waals surface area contributed by atoms with Crippen LogP contribution in [0.25, 0.3) is 0 Å². The molecule has 6 heteroatoms. The molecular weight excluding hydrogens is 268 g/mol. The van der Waals surface area contributed by atoms with Gasteiger partial charge < -0.3 is 14.5 Å². The van der Waals surface area contributed by atoms with E-state index >= 15 is 0 Å². The Balaban J connectivity index is 1.74. The van der Waals surface area contributed by atoms with Gasteiger partial charge in [0.25, 0.3) is 5.91 Å². The van der Waals surface area contributed by atoms with Crippen LogP contribution in [-0.4, -0.2) is 60.2 Å². The molecule has 3 rings (SSSR count). The third kappa shape index (κ3) is 3.50. The number of aromatic nitrogens is 2. The summed E-state index contributed by atoms with van der Waals surface area (Å²) < 4.78 is 5.28. The maximum atomic E-state index is 12.5. The topological polar surface area (TPSA) is 58.6 Å². The Morgan fingerprint density at radius 1 is 1.05 bits per heavy atom. The molecule has 2 fully saturated rings. The van der Waals surface area contributed by atoms with Crippen molar-refractivity contribution in [3.8, 4) is 0 Å². The summed E-state index contributed by atoms with van der Waals surface area (Å²) in [6, 6.07) is 1.71. The lowest BCUT2D eigenvalue weighted by Gasteiger charge is -2.27. The number of nitrogens with zero attached hydrogens (tertiary/aromatic N) is 4. The third-order valence-corrected chi connectivity index (χ3v) is 4.05. The molecule has 0 aliphatic carbocycles. The highest BCUT2D eigenvalue weighted by Gasteiger charge is 2.21. The van der Waals surface area contributed by atoms with Gasteiger partial charge in [-0.2, -0.15) is 0 Å². The Bertz CT molecular complexity index is 480. The number of carbonyl (C=O) groups is 1. The Kier molecular flexibility index (Phi) is 4.65. The van der Waals surface area contributed by atoms with Crippen LogP contribution >= 0.6 is 0 Å². The molecule has 2 saturated heterocycles. The van der Waals surface area contributed by atoms with Crippen LogP contribution in [0.1, 0.15) is 36.2 Å². The van der Waals surface area contributed by atoms with Crippen LogP contribution in [0.5, 0.6) is 0 Å². The number of carbonyl (C=O) groups excluding carboxylic acids is 1. The molecule has 0 spiro atoms. The molecule has 3 heterocycles. The van der Waals surface area contributed by atoms with Crippen LogP contribution in [-0.2, 0) is 4.74 Å². The standard InChI is InChI=1S/C15H22N4O2/c20-14(18-9-11-21-12-10-18)13-5-6-16-15(17-13)19-7-3-1-2-4-8-19/h5-6H,1-4,7-12H2. The molecule has 6 nitrogen and oxygen atoms in total. The lowest BCUT2D eigenvalue weighted by atomic mass is 10.2. The fourth-order valence-corrected chi connectivity index (χ4v) is 2.82. The third-order valence-electron chi connectivity index (χ3n) is 4.05. The first-order valence-corrected chi connectivity index (χ1v) is 7.79. The second kappa shape index (κ2) is 6.85. The van der Waals surface area contributed by atoms with Crippen molar-refractivity contribution < 1.29 is 9.53 Å². The molecule has 2 aliphatic rings. The van der Waals surface area contributed by atoms with E-state index in [1.54, 1.807) is 17.2 Å². The predicted molar refractivity (Wildman–Crippen MR) is 79.4 cm³/mol. The quantitative estimate of drug-likeness (QED) is 0.822. The molecule has 0 N–H and O–H groups in total. The minimum atomic E-state index is -0.0169. The zero-order valence-electron chi connectivity index (χ0n) is 12.3. The van der Waals surface area contributed by atoms with Crippen molar-refractivity contribution in [2.75, 3.05) is 44.3 Å². The zero-order valence-corrected chi connectivity index (χ0v) is 12.3. The largest absolute Gasteiger partial charge is 0.378 e. The molecule has 1 aromatic heterocycles. The van der Waals surface area contributed by atoms with Gasteiger partial charge in [0.05, 0.1) is 13.2 Å². The van der Waals surface area contributed by atoms with Gasteiger partial charge in [0.2, 0.25) is 5.95 Å². The van der Waals surface area contributed by atoms with Crippen LogP contribution in [0.2, 0.25) is 0 Å².